The first-order valence-corrected chi connectivity index (χ1v) is 11.4. The molecule has 184 valence electrons. The number of hydrogen-bond donors (Lipinski definition) is 1. The number of ether oxygens (including phenoxy) is 2. The quantitative estimate of drug-likeness (QED) is 0.670. The predicted octanol–water partition coefficient (Wildman–Crippen LogP) is 1.38. The lowest BCUT2D eigenvalue weighted by Crippen LogP contribution is -2.50. The maximum Gasteiger partial charge on any atom is 0.410 e. The minimum Gasteiger partial charge on any atom is -0.494 e. The van der Waals surface area contributed by atoms with Gasteiger partial charge in [0.05, 0.1) is 18.1 Å². The molecule has 2 fully saturated rings. The van der Waals surface area contributed by atoms with E-state index < -0.39 is 17.6 Å². The molecule has 0 aliphatic carbocycles. The normalized spacial score (nSPS) is 19.4. The number of anilines is 1. The summed E-state index contributed by atoms with van der Waals surface area (Å²) in [5.41, 5.74) is 1.05. The zero-order valence-corrected chi connectivity index (χ0v) is 20.2. The van der Waals surface area contributed by atoms with Gasteiger partial charge in [0.1, 0.15) is 23.1 Å². The molecule has 2 aromatic rings. The fraction of sp³-hybridized carbons (Fsp3) is 0.565. The van der Waals surface area contributed by atoms with Crippen molar-refractivity contribution < 1.29 is 23.9 Å². The van der Waals surface area contributed by atoms with Gasteiger partial charge in [0.15, 0.2) is 0 Å². The Morgan fingerprint density at radius 3 is 2.35 bits per heavy atom. The number of hydrogen-bond acceptors (Lipinski definition) is 7. The summed E-state index contributed by atoms with van der Waals surface area (Å²) >= 11 is 0. The average Bonchev–Trinajstić information content (AvgIpc) is 3.02. The van der Waals surface area contributed by atoms with Crippen LogP contribution in [0, 0.1) is 0 Å². The molecule has 11 heteroatoms. The molecule has 2 aliphatic heterocycles. The van der Waals surface area contributed by atoms with Gasteiger partial charge in [0.2, 0.25) is 11.8 Å². The fourth-order valence-corrected chi connectivity index (χ4v) is 4.57. The predicted molar refractivity (Wildman–Crippen MR) is 125 cm³/mol. The Bertz CT molecular complexity index is 1200. The number of carbonyl (C=O) groups is 3. The van der Waals surface area contributed by atoms with Crippen molar-refractivity contribution in [3.05, 3.63) is 22.6 Å². The summed E-state index contributed by atoms with van der Waals surface area (Å²) in [5, 5.41) is 2.33. The smallest absolute Gasteiger partial charge is 0.410 e. The Hall–Kier alpha value is -3.50. The minimum atomic E-state index is -0.765. The number of nitrogens with one attached hydrogen (secondary N) is 1. The molecule has 1 unspecified atom stereocenters. The molecule has 1 aromatic heterocycles. The van der Waals surface area contributed by atoms with E-state index in [9.17, 15) is 19.2 Å². The highest BCUT2D eigenvalue weighted by molar-refractivity contribution is 6.01. The number of piperazine rings is 1. The molecule has 0 saturated carbocycles. The molecule has 34 heavy (non-hydrogen) atoms. The Morgan fingerprint density at radius 2 is 1.76 bits per heavy atom. The van der Waals surface area contributed by atoms with Crippen LogP contribution < -0.4 is 20.6 Å². The van der Waals surface area contributed by atoms with Gasteiger partial charge in [0.25, 0.3) is 0 Å². The third-order valence-electron chi connectivity index (χ3n) is 6.17. The number of methoxy groups -OCH3 is 1. The van der Waals surface area contributed by atoms with Crippen molar-refractivity contribution in [2.45, 2.75) is 45.3 Å². The second kappa shape index (κ2) is 8.69. The fourth-order valence-electron chi connectivity index (χ4n) is 4.57. The van der Waals surface area contributed by atoms with E-state index in [-0.39, 0.29) is 30.5 Å². The number of piperidine rings is 1. The first-order chi connectivity index (χ1) is 16.0. The monoisotopic (exact) mass is 473 g/mol. The van der Waals surface area contributed by atoms with Crippen LogP contribution in [-0.4, -0.2) is 70.8 Å². The van der Waals surface area contributed by atoms with E-state index in [0.29, 0.717) is 43.0 Å². The Balaban J connectivity index is 1.70. The van der Waals surface area contributed by atoms with Crippen LogP contribution in [0.5, 0.6) is 5.75 Å². The van der Waals surface area contributed by atoms with E-state index in [0.717, 1.165) is 5.69 Å². The van der Waals surface area contributed by atoms with E-state index in [1.54, 1.807) is 31.2 Å². The summed E-state index contributed by atoms with van der Waals surface area (Å²) in [6, 6.07) is 2.78. The van der Waals surface area contributed by atoms with Gasteiger partial charge in [-0.3, -0.25) is 24.0 Å². The number of rotatable bonds is 3. The van der Waals surface area contributed by atoms with Gasteiger partial charge < -0.3 is 19.3 Å². The van der Waals surface area contributed by atoms with Crippen molar-refractivity contribution in [3.63, 3.8) is 0 Å². The molecule has 3 amide bonds. The van der Waals surface area contributed by atoms with Crippen LogP contribution in [0.4, 0.5) is 10.5 Å². The number of imidazole rings is 1. The molecule has 11 nitrogen and oxygen atoms in total. The van der Waals surface area contributed by atoms with Gasteiger partial charge in [-0.05, 0) is 39.3 Å². The highest BCUT2D eigenvalue weighted by Crippen LogP contribution is 2.37. The van der Waals surface area contributed by atoms with Gasteiger partial charge in [-0.2, -0.15) is 0 Å². The van der Waals surface area contributed by atoms with Crippen LogP contribution in [0.2, 0.25) is 0 Å². The van der Waals surface area contributed by atoms with Crippen molar-refractivity contribution in [1.29, 1.82) is 0 Å². The van der Waals surface area contributed by atoms with Crippen molar-refractivity contribution in [1.82, 2.24) is 19.4 Å². The minimum absolute atomic E-state index is 0.175. The third-order valence-corrected chi connectivity index (χ3v) is 6.17. The summed E-state index contributed by atoms with van der Waals surface area (Å²) in [6.45, 7) is 7.45. The second-order valence-corrected chi connectivity index (χ2v) is 9.62. The van der Waals surface area contributed by atoms with E-state index >= 15 is 0 Å². The third kappa shape index (κ3) is 4.22. The number of carbonyl (C=O) groups excluding carboxylic acids is 3. The number of benzene rings is 1. The Labute approximate surface area is 197 Å². The lowest BCUT2D eigenvalue weighted by molar-refractivity contribution is -0.135. The summed E-state index contributed by atoms with van der Waals surface area (Å²) in [6.07, 6.45) is 0.0859. The van der Waals surface area contributed by atoms with Crippen molar-refractivity contribution in [3.8, 4) is 5.75 Å². The maximum absolute atomic E-state index is 13.3. The first-order valence-electron chi connectivity index (χ1n) is 11.4. The number of nitrogens with zero attached hydrogens (tertiary/aromatic N) is 4. The lowest BCUT2D eigenvalue weighted by atomic mass is 10.1. The van der Waals surface area contributed by atoms with E-state index in [2.05, 4.69) is 10.2 Å². The molecule has 1 atom stereocenters. The molecular formula is C23H31N5O6. The zero-order valence-electron chi connectivity index (χ0n) is 20.2. The molecule has 0 spiro atoms. The van der Waals surface area contributed by atoms with Gasteiger partial charge in [-0.1, -0.05) is 0 Å². The maximum atomic E-state index is 13.3. The highest BCUT2D eigenvalue weighted by Gasteiger charge is 2.34. The SMILES string of the molecule is COc1ccc2c(c1N1CCN(C(=O)OC(C)(C)C)CC1)n(C)c(=O)n2C1CCC(=O)NC1=O. The summed E-state index contributed by atoms with van der Waals surface area (Å²) in [7, 11) is 3.23. The molecule has 4 rings (SSSR count). The topological polar surface area (TPSA) is 115 Å². The van der Waals surface area contributed by atoms with Crippen LogP contribution >= 0.6 is 0 Å². The van der Waals surface area contributed by atoms with Crippen molar-refractivity contribution in [2.24, 2.45) is 7.05 Å². The summed E-state index contributed by atoms with van der Waals surface area (Å²) in [4.78, 5) is 53.6. The zero-order chi connectivity index (χ0) is 24.8. The molecule has 2 saturated heterocycles. The van der Waals surface area contributed by atoms with Crippen molar-refractivity contribution in [2.75, 3.05) is 38.2 Å². The molecule has 3 heterocycles. The Morgan fingerprint density at radius 1 is 1.09 bits per heavy atom. The summed E-state index contributed by atoms with van der Waals surface area (Å²) in [5.74, 6) is -0.219. The standard InChI is InChI=1S/C23H31N5O6/c1-23(2,3)34-22(32)27-12-10-26(11-13-27)19-16(33-5)8-6-14-18(19)25(4)21(31)28(14)15-7-9-17(29)24-20(15)30/h6,8,15H,7,9-13H2,1-5H3,(H,24,29,30). The van der Waals surface area contributed by atoms with Gasteiger partial charge in [-0.15, -0.1) is 0 Å². The number of imide groups is 1. The summed E-state index contributed by atoms with van der Waals surface area (Å²) < 4.78 is 14.1. The van der Waals surface area contributed by atoms with Crippen LogP contribution in [0.25, 0.3) is 11.0 Å². The van der Waals surface area contributed by atoms with Crippen LogP contribution in [0.15, 0.2) is 16.9 Å². The highest BCUT2D eigenvalue weighted by atomic mass is 16.6. The van der Waals surface area contributed by atoms with Crippen LogP contribution in [0.1, 0.15) is 39.7 Å². The van der Waals surface area contributed by atoms with Gasteiger partial charge >= 0.3 is 11.8 Å². The van der Waals surface area contributed by atoms with Crippen LogP contribution in [0.3, 0.4) is 0 Å². The molecule has 0 radical (unpaired) electrons. The molecule has 2 aliphatic rings. The Kier molecular flexibility index (Phi) is 6.05. The molecule has 1 aromatic carbocycles. The molecular weight excluding hydrogens is 442 g/mol. The van der Waals surface area contributed by atoms with Crippen molar-refractivity contribution >= 4 is 34.6 Å². The van der Waals surface area contributed by atoms with Gasteiger partial charge in [0, 0.05) is 39.6 Å². The number of fused-ring (bicyclic) bond motifs is 1. The average molecular weight is 474 g/mol. The number of aryl methyl sites for hydroxylation is 1. The second-order valence-electron chi connectivity index (χ2n) is 9.62. The lowest BCUT2D eigenvalue weighted by Gasteiger charge is -2.37. The number of amides is 3. The van der Waals surface area contributed by atoms with E-state index in [1.165, 1.54) is 9.13 Å². The largest absolute Gasteiger partial charge is 0.494 e. The number of aromatic nitrogens is 2. The molecule has 1 N–H and O–H groups in total. The first kappa shape index (κ1) is 23.7. The van der Waals surface area contributed by atoms with E-state index in [1.807, 2.05) is 20.8 Å². The van der Waals surface area contributed by atoms with Gasteiger partial charge in [-0.25, -0.2) is 9.59 Å². The molecule has 0 bridgehead atoms. The van der Waals surface area contributed by atoms with E-state index in [4.69, 9.17) is 9.47 Å². The van der Waals surface area contributed by atoms with Crippen LogP contribution in [-0.2, 0) is 21.4 Å².